The molecule has 0 aromatic rings. The third-order valence-corrected chi connectivity index (χ3v) is 4.46. The van der Waals surface area contributed by atoms with Gasteiger partial charge in [-0.05, 0) is 44.7 Å². The van der Waals surface area contributed by atoms with Crippen LogP contribution in [0.15, 0.2) is 0 Å². The van der Waals surface area contributed by atoms with E-state index in [1.807, 2.05) is 4.90 Å². The van der Waals surface area contributed by atoms with E-state index in [9.17, 15) is 9.90 Å². The van der Waals surface area contributed by atoms with Crippen LogP contribution < -0.4 is 0 Å². The highest BCUT2D eigenvalue weighted by molar-refractivity contribution is 5.78. The number of hydrogen-bond acceptors (Lipinski definition) is 3. The number of rotatable bonds is 3. The molecule has 0 unspecified atom stereocenters. The molecule has 1 N–H and O–H groups in total. The highest BCUT2D eigenvalue weighted by atomic mass is 16.3. The van der Waals surface area contributed by atoms with Crippen LogP contribution in [0.5, 0.6) is 0 Å². The zero-order valence-electron chi connectivity index (χ0n) is 11.5. The van der Waals surface area contributed by atoms with Gasteiger partial charge in [0.1, 0.15) is 0 Å². The molecule has 2 aliphatic rings. The summed E-state index contributed by atoms with van der Waals surface area (Å²) < 4.78 is 0. The van der Waals surface area contributed by atoms with E-state index in [2.05, 4.69) is 11.8 Å². The van der Waals surface area contributed by atoms with Crippen molar-refractivity contribution in [2.24, 2.45) is 5.92 Å². The van der Waals surface area contributed by atoms with E-state index in [1.54, 1.807) is 0 Å². The van der Waals surface area contributed by atoms with Crippen molar-refractivity contribution in [3.63, 3.8) is 0 Å². The number of hydrogen-bond donors (Lipinski definition) is 1. The lowest BCUT2D eigenvalue weighted by molar-refractivity contribution is -0.134. The summed E-state index contributed by atoms with van der Waals surface area (Å²) in [5.74, 6) is 1.11. The summed E-state index contributed by atoms with van der Waals surface area (Å²) in [4.78, 5) is 16.3. The van der Waals surface area contributed by atoms with Gasteiger partial charge in [-0.1, -0.05) is 13.3 Å². The van der Waals surface area contributed by atoms with Gasteiger partial charge in [-0.15, -0.1) is 0 Å². The minimum absolute atomic E-state index is 0.200. The fourth-order valence-corrected chi connectivity index (χ4v) is 2.96. The van der Waals surface area contributed by atoms with Crippen molar-refractivity contribution in [3.8, 4) is 0 Å². The molecule has 0 aliphatic carbocycles. The van der Waals surface area contributed by atoms with Crippen LogP contribution in [0.2, 0.25) is 0 Å². The minimum Gasteiger partial charge on any atom is -0.393 e. The summed E-state index contributed by atoms with van der Waals surface area (Å²) >= 11 is 0. The van der Waals surface area contributed by atoms with Gasteiger partial charge in [0, 0.05) is 13.1 Å². The molecule has 0 bridgehead atoms. The average molecular weight is 254 g/mol. The normalized spacial score (nSPS) is 24.4. The Kier molecular flexibility index (Phi) is 5.01. The van der Waals surface area contributed by atoms with Gasteiger partial charge in [-0.2, -0.15) is 0 Å². The first kappa shape index (κ1) is 13.8. The smallest absolute Gasteiger partial charge is 0.236 e. The van der Waals surface area contributed by atoms with Crippen molar-refractivity contribution >= 4 is 5.91 Å². The van der Waals surface area contributed by atoms with Gasteiger partial charge in [0.05, 0.1) is 12.6 Å². The van der Waals surface area contributed by atoms with E-state index in [0.717, 1.165) is 44.9 Å². The first-order chi connectivity index (χ1) is 8.69. The van der Waals surface area contributed by atoms with Crippen LogP contribution in [-0.4, -0.2) is 59.6 Å². The Morgan fingerprint density at radius 2 is 1.72 bits per heavy atom. The summed E-state index contributed by atoms with van der Waals surface area (Å²) in [6.07, 6.45) is 5.03. The molecule has 0 atom stereocenters. The molecule has 2 heterocycles. The first-order valence-electron chi connectivity index (χ1n) is 7.37. The molecule has 0 spiro atoms. The monoisotopic (exact) mass is 254 g/mol. The third kappa shape index (κ3) is 3.69. The number of carbonyl (C=O) groups is 1. The van der Waals surface area contributed by atoms with E-state index < -0.39 is 0 Å². The van der Waals surface area contributed by atoms with Gasteiger partial charge < -0.3 is 10.0 Å². The van der Waals surface area contributed by atoms with Crippen LogP contribution in [0, 0.1) is 5.92 Å². The average Bonchev–Trinajstić information content (AvgIpc) is 2.40. The highest BCUT2D eigenvalue weighted by Crippen LogP contribution is 2.20. The molecule has 0 aromatic heterocycles. The molecule has 0 saturated carbocycles. The quantitative estimate of drug-likeness (QED) is 0.820. The molecule has 0 aromatic carbocycles. The lowest BCUT2D eigenvalue weighted by Gasteiger charge is -2.34. The van der Waals surface area contributed by atoms with Crippen LogP contribution in [0.3, 0.4) is 0 Å². The van der Waals surface area contributed by atoms with Gasteiger partial charge in [-0.25, -0.2) is 0 Å². The first-order valence-corrected chi connectivity index (χ1v) is 7.37. The van der Waals surface area contributed by atoms with Crippen molar-refractivity contribution < 1.29 is 9.90 Å². The SMILES string of the molecule is CCC1CCN(CC(=O)N2CCC(O)CC2)CC1. The number of aliphatic hydroxyl groups excluding tert-OH is 1. The molecule has 0 radical (unpaired) electrons. The van der Waals surface area contributed by atoms with E-state index in [1.165, 1.54) is 19.3 Å². The van der Waals surface area contributed by atoms with Crippen molar-refractivity contribution in [1.82, 2.24) is 9.80 Å². The Labute approximate surface area is 110 Å². The number of amides is 1. The van der Waals surface area contributed by atoms with E-state index in [0.29, 0.717) is 6.54 Å². The van der Waals surface area contributed by atoms with E-state index in [-0.39, 0.29) is 12.0 Å². The summed E-state index contributed by atoms with van der Waals surface area (Å²) in [5.41, 5.74) is 0. The predicted molar refractivity (Wildman–Crippen MR) is 71.3 cm³/mol. The van der Waals surface area contributed by atoms with Gasteiger partial charge in [0.2, 0.25) is 5.91 Å². The lowest BCUT2D eigenvalue weighted by Crippen LogP contribution is -2.46. The summed E-state index contributed by atoms with van der Waals surface area (Å²) in [6.45, 7) is 6.43. The number of aliphatic hydroxyl groups is 1. The summed E-state index contributed by atoms with van der Waals surface area (Å²) in [5, 5.41) is 9.44. The van der Waals surface area contributed by atoms with Crippen LogP contribution in [0.4, 0.5) is 0 Å². The number of nitrogens with zero attached hydrogens (tertiary/aromatic N) is 2. The third-order valence-electron chi connectivity index (χ3n) is 4.46. The summed E-state index contributed by atoms with van der Waals surface area (Å²) in [7, 11) is 0. The molecule has 4 nitrogen and oxygen atoms in total. The maximum atomic E-state index is 12.1. The second-order valence-electron chi connectivity index (χ2n) is 5.74. The molecule has 2 rings (SSSR count). The molecule has 1 amide bonds. The van der Waals surface area contributed by atoms with Crippen molar-refractivity contribution in [2.45, 2.75) is 45.1 Å². The van der Waals surface area contributed by atoms with Gasteiger partial charge >= 0.3 is 0 Å². The zero-order chi connectivity index (χ0) is 13.0. The second kappa shape index (κ2) is 6.53. The molecule has 104 valence electrons. The van der Waals surface area contributed by atoms with Crippen LogP contribution in [-0.2, 0) is 4.79 Å². The molecule has 2 saturated heterocycles. The fraction of sp³-hybridized carbons (Fsp3) is 0.929. The molecule has 2 fully saturated rings. The van der Waals surface area contributed by atoms with Crippen molar-refractivity contribution in [3.05, 3.63) is 0 Å². The predicted octanol–water partition coefficient (Wildman–Crippen LogP) is 1.09. The topological polar surface area (TPSA) is 43.8 Å². The maximum absolute atomic E-state index is 12.1. The number of likely N-dealkylation sites (tertiary alicyclic amines) is 2. The second-order valence-corrected chi connectivity index (χ2v) is 5.74. The van der Waals surface area contributed by atoms with E-state index in [4.69, 9.17) is 0 Å². The Morgan fingerprint density at radius 1 is 1.11 bits per heavy atom. The number of carbonyl (C=O) groups excluding carboxylic acids is 1. The molecular weight excluding hydrogens is 228 g/mol. The Hall–Kier alpha value is -0.610. The molecular formula is C14H26N2O2. The minimum atomic E-state index is -0.200. The van der Waals surface area contributed by atoms with Gasteiger partial charge in [-0.3, -0.25) is 9.69 Å². The maximum Gasteiger partial charge on any atom is 0.236 e. The van der Waals surface area contributed by atoms with Gasteiger partial charge in [0.15, 0.2) is 0 Å². The largest absolute Gasteiger partial charge is 0.393 e. The van der Waals surface area contributed by atoms with Gasteiger partial charge in [0.25, 0.3) is 0 Å². The standard InChI is InChI=1S/C14H26N2O2/c1-2-12-3-7-15(8-4-12)11-14(18)16-9-5-13(17)6-10-16/h12-13,17H,2-11H2,1H3. The van der Waals surface area contributed by atoms with Crippen LogP contribution in [0.25, 0.3) is 0 Å². The van der Waals surface area contributed by atoms with E-state index >= 15 is 0 Å². The molecule has 4 heteroatoms. The van der Waals surface area contributed by atoms with Crippen molar-refractivity contribution in [2.75, 3.05) is 32.7 Å². The number of piperidine rings is 2. The van der Waals surface area contributed by atoms with Crippen LogP contribution in [0.1, 0.15) is 39.0 Å². The summed E-state index contributed by atoms with van der Waals surface area (Å²) in [6, 6.07) is 0. The Balaban J connectivity index is 1.71. The Morgan fingerprint density at radius 3 is 2.28 bits per heavy atom. The zero-order valence-corrected chi connectivity index (χ0v) is 11.5. The van der Waals surface area contributed by atoms with Crippen molar-refractivity contribution in [1.29, 1.82) is 0 Å². The molecule has 2 aliphatic heterocycles. The lowest BCUT2D eigenvalue weighted by atomic mass is 9.94. The van der Waals surface area contributed by atoms with Crippen LogP contribution >= 0.6 is 0 Å². The fourth-order valence-electron chi connectivity index (χ4n) is 2.96. The highest BCUT2D eigenvalue weighted by Gasteiger charge is 2.24. The Bertz CT molecular complexity index is 267. The molecule has 18 heavy (non-hydrogen) atoms.